The van der Waals surface area contributed by atoms with Crippen LogP contribution in [0.1, 0.15) is 42.9 Å². The molecule has 1 atom stereocenters. The maximum atomic E-state index is 10.5. The largest absolute Gasteiger partial charge is 0.493 e. The number of aryl methyl sites for hydroxylation is 1. The van der Waals surface area contributed by atoms with E-state index in [9.17, 15) is 5.11 Å². The van der Waals surface area contributed by atoms with Gasteiger partial charge in [-0.1, -0.05) is 6.07 Å². The lowest BCUT2D eigenvalue weighted by Gasteiger charge is -2.17. The lowest BCUT2D eigenvalue weighted by Crippen LogP contribution is -2.14. The van der Waals surface area contributed by atoms with E-state index in [4.69, 9.17) is 4.74 Å². The number of methoxy groups -OCH3 is 1. The molecule has 0 aliphatic rings. The Bertz CT molecular complexity index is 546. The maximum absolute atomic E-state index is 10.5. The van der Waals surface area contributed by atoms with E-state index in [-0.39, 0.29) is 6.04 Å². The van der Waals surface area contributed by atoms with Crippen LogP contribution in [0.15, 0.2) is 24.5 Å². The molecule has 1 unspecified atom stereocenters. The number of rotatable bonds is 4. The molecule has 2 aromatic heterocycles. The molecule has 19 heavy (non-hydrogen) atoms. The van der Waals surface area contributed by atoms with E-state index in [2.05, 4.69) is 10.1 Å². The molecule has 0 bridgehead atoms. The monoisotopic (exact) mass is 261 g/mol. The predicted octanol–water partition coefficient (Wildman–Crippen LogP) is 2.26. The molecule has 2 rings (SSSR count). The van der Waals surface area contributed by atoms with Crippen LogP contribution < -0.4 is 4.74 Å². The van der Waals surface area contributed by atoms with Gasteiger partial charge in [-0.2, -0.15) is 5.10 Å². The van der Waals surface area contributed by atoms with Crippen LogP contribution in [0.2, 0.25) is 0 Å². The van der Waals surface area contributed by atoms with Gasteiger partial charge in [0.1, 0.15) is 11.8 Å². The third-order valence-corrected chi connectivity index (χ3v) is 2.98. The van der Waals surface area contributed by atoms with Gasteiger partial charge in [-0.3, -0.25) is 9.67 Å². The summed E-state index contributed by atoms with van der Waals surface area (Å²) >= 11 is 0. The Labute approximate surface area is 112 Å². The number of hydrogen-bond donors (Lipinski definition) is 1. The van der Waals surface area contributed by atoms with Crippen LogP contribution >= 0.6 is 0 Å². The van der Waals surface area contributed by atoms with Crippen LogP contribution in [-0.4, -0.2) is 27.0 Å². The highest BCUT2D eigenvalue weighted by atomic mass is 16.5. The quantitative estimate of drug-likeness (QED) is 0.917. The van der Waals surface area contributed by atoms with Crippen LogP contribution in [0, 0.1) is 6.92 Å². The first-order valence-electron chi connectivity index (χ1n) is 6.26. The van der Waals surface area contributed by atoms with Crippen molar-refractivity contribution < 1.29 is 9.84 Å². The van der Waals surface area contributed by atoms with Crippen molar-refractivity contribution in [2.24, 2.45) is 0 Å². The lowest BCUT2D eigenvalue weighted by atomic mass is 10.1. The molecule has 1 N–H and O–H groups in total. The Morgan fingerprint density at radius 3 is 2.53 bits per heavy atom. The Kier molecular flexibility index (Phi) is 3.85. The van der Waals surface area contributed by atoms with Gasteiger partial charge >= 0.3 is 0 Å². The van der Waals surface area contributed by atoms with Crippen LogP contribution in [0.4, 0.5) is 0 Å². The van der Waals surface area contributed by atoms with E-state index < -0.39 is 6.10 Å². The molecule has 0 aliphatic heterocycles. The highest BCUT2D eigenvalue weighted by Gasteiger charge is 2.23. The molecular weight excluding hydrogens is 242 g/mol. The van der Waals surface area contributed by atoms with E-state index in [1.54, 1.807) is 24.2 Å². The Morgan fingerprint density at radius 1 is 1.26 bits per heavy atom. The Morgan fingerprint density at radius 2 is 2.00 bits per heavy atom. The first-order valence-corrected chi connectivity index (χ1v) is 6.26. The van der Waals surface area contributed by atoms with E-state index >= 15 is 0 Å². The smallest absolute Gasteiger partial charge is 0.163 e. The lowest BCUT2D eigenvalue weighted by molar-refractivity contribution is 0.195. The average molecular weight is 261 g/mol. The van der Waals surface area contributed by atoms with E-state index in [0.29, 0.717) is 17.1 Å². The summed E-state index contributed by atoms with van der Waals surface area (Å²) in [4.78, 5) is 4.26. The second kappa shape index (κ2) is 5.40. The van der Waals surface area contributed by atoms with Crippen molar-refractivity contribution >= 4 is 0 Å². The van der Waals surface area contributed by atoms with Gasteiger partial charge in [0.2, 0.25) is 0 Å². The van der Waals surface area contributed by atoms with Crippen LogP contribution in [-0.2, 0) is 0 Å². The highest BCUT2D eigenvalue weighted by Crippen LogP contribution is 2.30. The number of aromatic nitrogens is 3. The third kappa shape index (κ3) is 2.61. The molecule has 5 nitrogen and oxygen atoms in total. The van der Waals surface area contributed by atoms with Gasteiger partial charge in [0, 0.05) is 12.2 Å². The molecular formula is C14H19N3O2. The number of aliphatic hydroxyl groups is 1. The first kappa shape index (κ1) is 13.5. The van der Waals surface area contributed by atoms with Gasteiger partial charge in [0.05, 0.1) is 19.0 Å². The Balaban J connectivity index is 2.44. The van der Waals surface area contributed by atoms with E-state index in [0.717, 1.165) is 5.56 Å². The molecule has 5 heteroatoms. The molecule has 0 fully saturated rings. The fourth-order valence-electron chi connectivity index (χ4n) is 1.97. The van der Waals surface area contributed by atoms with Gasteiger partial charge in [-0.05, 0) is 32.4 Å². The summed E-state index contributed by atoms with van der Waals surface area (Å²) in [5.41, 5.74) is 2.28. The average Bonchev–Trinajstić information content (AvgIpc) is 2.82. The summed E-state index contributed by atoms with van der Waals surface area (Å²) in [6.07, 6.45) is 2.51. The minimum Gasteiger partial charge on any atom is -0.493 e. The molecule has 0 saturated carbocycles. The molecule has 0 aliphatic carbocycles. The van der Waals surface area contributed by atoms with Gasteiger partial charge in [0.15, 0.2) is 5.75 Å². The van der Waals surface area contributed by atoms with Gasteiger partial charge < -0.3 is 9.84 Å². The maximum Gasteiger partial charge on any atom is 0.163 e. The van der Waals surface area contributed by atoms with Gasteiger partial charge in [-0.15, -0.1) is 0 Å². The zero-order valence-electron chi connectivity index (χ0n) is 11.7. The summed E-state index contributed by atoms with van der Waals surface area (Å²) in [6.45, 7) is 5.97. The molecule has 0 aromatic carbocycles. The van der Waals surface area contributed by atoms with Crippen molar-refractivity contribution in [2.75, 3.05) is 7.11 Å². The van der Waals surface area contributed by atoms with Crippen molar-refractivity contribution in [3.8, 4) is 5.75 Å². The molecule has 2 heterocycles. The summed E-state index contributed by atoms with van der Waals surface area (Å²) in [7, 11) is 1.57. The van der Waals surface area contributed by atoms with Crippen LogP contribution in [0.5, 0.6) is 5.75 Å². The Hall–Kier alpha value is -1.88. The molecule has 2 aromatic rings. The van der Waals surface area contributed by atoms with E-state index in [1.165, 1.54) is 0 Å². The van der Waals surface area contributed by atoms with Crippen molar-refractivity contribution in [2.45, 2.75) is 32.9 Å². The fourth-order valence-corrected chi connectivity index (χ4v) is 1.97. The van der Waals surface area contributed by atoms with Crippen LogP contribution in [0.25, 0.3) is 0 Å². The summed E-state index contributed by atoms with van der Waals surface area (Å²) in [5, 5.41) is 14.8. The van der Waals surface area contributed by atoms with Gasteiger partial charge in [0.25, 0.3) is 0 Å². The van der Waals surface area contributed by atoms with Crippen molar-refractivity contribution in [1.82, 2.24) is 14.8 Å². The van der Waals surface area contributed by atoms with Crippen molar-refractivity contribution in [3.63, 3.8) is 0 Å². The minimum atomic E-state index is -0.847. The predicted molar refractivity (Wildman–Crippen MR) is 72.2 cm³/mol. The summed E-state index contributed by atoms with van der Waals surface area (Å²) < 4.78 is 7.03. The minimum absolute atomic E-state index is 0.138. The summed E-state index contributed by atoms with van der Waals surface area (Å²) in [6, 6.07) is 3.88. The van der Waals surface area contributed by atoms with E-state index in [1.807, 2.05) is 32.9 Å². The molecule has 102 valence electrons. The topological polar surface area (TPSA) is 60.2 Å². The zero-order valence-corrected chi connectivity index (χ0v) is 11.7. The second-order valence-corrected chi connectivity index (χ2v) is 4.80. The number of aliphatic hydroxyl groups excluding tert-OH is 1. The van der Waals surface area contributed by atoms with Crippen molar-refractivity contribution in [3.05, 3.63) is 41.5 Å². The third-order valence-electron chi connectivity index (χ3n) is 2.98. The van der Waals surface area contributed by atoms with Gasteiger partial charge in [-0.25, -0.2) is 0 Å². The first-order chi connectivity index (χ1) is 9.04. The zero-order chi connectivity index (χ0) is 14.0. The SMILES string of the molecule is COc1cnn(C(C)C)c1C(O)c1ccc(C)cn1. The standard InChI is InChI=1S/C14H19N3O2/c1-9(2)17-13(12(19-4)8-16-17)14(18)11-6-5-10(3)7-15-11/h5-9,14,18H,1-4H3. The number of pyridine rings is 1. The number of ether oxygens (including phenoxy) is 1. The molecule has 0 spiro atoms. The van der Waals surface area contributed by atoms with Crippen LogP contribution in [0.3, 0.4) is 0 Å². The summed E-state index contributed by atoms with van der Waals surface area (Å²) in [5.74, 6) is 0.573. The van der Waals surface area contributed by atoms with Crippen molar-refractivity contribution in [1.29, 1.82) is 0 Å². The second-order valence-electron chi connectivity index (χ2n) is 4.80. The number of hydrogen-bond acceptors (Lipinski definition) is 4. The normalized spacial score (nSPS) is 12.7. The molecule has 0 saturated heterocycles. The molecule has 0 amide bonds. The highest BCUT2D eigenvalue weighted by molar-refractivity contribution is 5.33. The fraction of sp³-hybridized carbons (Fsp3) is 0.429. The number of nitrogens with zero attached hydrogens (tertiary/aromatic N) is 3. The molecule has 0 radical (unpaired) electrons.